The van der Waals surface area contributed by atoms with Crippen LogP contribution in [0, 0.1) is 0 Å². The van der Waals surface area contributed by atoms with Crippen LogP contribution in [0.4, 0.5) is 0 Å². The first-order chi connectivity index (χ1) is 10.3. The molecule has 2 nitrogen and oxygen atoms in total. The molecule has 0 aromatic heterocycles. The Labute approximate surface area is 126 Å². The van der Waals surface area contributed by atoms with Crippen LogP contribution in [0.15, 0.2) is 54.6 Å². The van der Waals surface area contributed by atoms with Gasteiger partial charge >= 0.3 is 0 Å². The highest BCUT2D eigenvalue weighted by atomic mass is 16.5. The summed E-state index contributed by atoms with van der Waals surface area (Å²) in [5.74, 6) is 0.859. The molecule has 2 heteroatoms. The zero-order valence-electron chi connectivity index (χ0n) is 12.2. The minimum Gasteiger partial charge on any atom is -0.488 e. The molecule has 0 unspecified atom stereocenters. The molecule has 1 N–H and O–H groups in total. The number of aliphatic hydroxyl groups is 1. The first kappa shape index (κ1) is 14.2. The number of hydrogen-bond donors (Lipinski definition) is 1. The minimum absolute atomic E-state index is 0.0428. The lowest BCUT2D eigenvalue weighted by atomic mass is 9.95. The van der Waals surface area contributed by atoms with Gasteiger partial charge in [-0.05, 0) is 48.9 Å². The second kappa shape index (κ2) is 6.77. The Morgan fingerprint density at radius 2 is 1.52 bits per heavy atom. The molecule has 0 radical (unpaired) electrons. The van der Waals surface area contributed by atoms with Crippen molar-refractivity contribution in [1.82, 2.24) is 0 Å². The number of aliphatic hydroxyl groups excluding tert-OH is 1. The van der Waals surface area contributed by atoms with Gasteiger partial charge in [-0.3, -0.25) is 0 Å². The van der Waals surface area contributed by atoms with Crippen molar-refractivity contribution in [2.75, 3.05) is 0 Å². The number of ether oxygens (including phenoxy) is 1. The van der Waals surface area contributed by atoms with Crippen molar-refractivity contribution in [2.45, 2.75) is 44.3 Å². The van der Waals surface area contributed by atoms with Crippen LogP contribution in [0.3, 0.4) is 0 Å². The fraction of sp³-hybridized carbons (Fsp3) is 0.368. The number of rotatable bonds is 4. The summed E-state index contributed by atoms with van der Waals surface area (Å²) < 4.78 is 5.92. The van der Waals surface area contributed by atoms with E-state index in [0.29, 0.717) is 0 Å². The van der Waals surface area contributed by atoms with Gasteiger partial charge in [-0.2, -0.15) is 0 Å². The third-order valence-electron chi connectivity index (χ3n) is 4.13. The van der Waals surface area contributed by atoms with E-state index >= 15 is 0 Å². The summed E-state index contributed by atoms with van der Waals surface area (Å²) in [6, 6.07) is 18.7. The van der Waals surface area contributed by atoms with Gasteiger partial charge in [0.25, 0.3) is 0 Å². The van der Waals surface area contributed by atoms with E-state index in [-0.39, 0.29) is 12.2 Å². The van der Waals surface area contributed by atoms with Crippen LogP contribution in [0.1, 0.15) is 36.8 Å². The van der Waals surface area contributed by atoms with Crippen LogP contribution in [-0.4, -0.2) is 17.3 Å². The molecule has 0 aliphatic heterocycles. The van der Waals surface area contributed by atoms with Gasteiger partial charge in [-0.1, -0.05) is 48.9 Å². The van der Waals surface area contributed by atoms with E-state index in [1.165, 1.54) is 11.1 Å². The van der Waals surface area contributed by atoms with E-state index in [0.717, 1.165) is 37.9 Å². The van der Waals surface area contributed by atoms with Crippen molar-refractivity contribution >= 4 is 0 Å². The topological polar surface area (TPSA) is 29.5 Å². The molecular weight excluding hydrogens is 260 g/mol. The largest absolute Gasteiger partial charge is 0.488 e. The highest BCUT2D eigenvalue weighted by Crippen LogP contribution is 2.24. The van der Waals surface area contributed by atoms with E-state index in [1.807, 2.05) is 18.2 Å². The standard InChI is InChI=1S/C19H22O2/c20-18-8-4-5-9-19(18)21-17-12-10-16(11-13-17)14-15-6-2-1-3-7-15/h1-3,6-7,10-13,18-20H,4-5,8-9,14H2/t18-,19-/m0/s1. The van der Waals surface area contributed by atoms with Crippen LogP contribution in [-0.2, 0) is 6.42 Å². The van der Waals surface area contributed by atoms with Crippen LogP contribution in [0.5, 0.6) is 5.75 Å². The molecule has 110 valence electrons. The van der Waals surface area contributed by atoms with Crippen LogP contribution < -0.4 is 4.74 Å². The molecule has 1 aliphatic rings. The van der Waals surface area contributed by atoms with Crippen molar-refractivity contribution in [3.63, 3.8) is 0 Å². The zero-order chi connectivity index (χ0) is 14.5. The predicted molar refractivity (Wildman–Crippen MR) is 84.6 cm³/mol. The minimum atomic E-state index is -0.317. The third kappa shape index (κ3) is 3.85. The molecule has 0 heterocycles. The molecule has 0 spiro atoms. The van der Waals surface area contributed by atoms with Gasteiger partial charge < -0.3 is 9.84 Å². The molecule has 1 saturated carbocycles. The van der Waals surface area contributed by atoms with Gasteiger partial charge in [0, 0.05) is 0 Å². The number of benzene rings is 2. The van der Waals surface area contributed by atoms with Crippen molar-refractivity contribution < 1.29 is 9.84 Å². The Kier molecular flexibility index (Phi) is 4.56. The first-order valence-electron chi connectivity index (χ1n) is 7.79. The van der Waals surface area contributed by atoms with Gasteiger partial charge in [-0.25, -0.2) is 0 Å². The van der Waals surface area contributed by atoms with E-state index in [9.17, 15) is 5.11 Å². The normalized spacial score (nSPS) is 22.0. The van der Waals surface area contributed by atoms with Gasteiger partial charge in [0.2, 0.25) is 0 Å². The second-order valence-electron chi connectivity index (χ2n) is 5.81. The molecule has 21 heavy (non-hydrogen) atoms. The average molecular weight is 282 g/mol. The molecule has 0 amide bonds. The van der Waals surface area contributed by atoms with Crippen LogP contribution in [0.25, 0.3) is 0 Å². The first-order valence-corrected chi connectivity index (χ1v) is 7.79. The lowest BCUT2D eigenvalue weighted by Gasteiger charge is -2.28. The van der Waals surface area contributed by atoms with E-state index in [1.54, 1.807) is 0 Å². The lowest BCUT2D eigenvalue weighted by Crippen LogP contribution is -2.34. The Morgan fingerprint density at radius 3 is 2.24 bits per heavy atom. The molecule has 0 bridgehead atoms. The molecule has 1 fully saturated rings. The molecule has 2 aromatic rings. The average Bonchev–Trinajstić information content (AvgIpc) is 2.52. The highest BCUT2D eigenvalue weighted by Gasteiger charge is 2.24. The third-order valence-corrected chi connectivity index (χ3v) is 4.13. The van der Waals surface area contributed by atoms with E-state index in [4.69, 9.17) is 4.74 Å². The van der Waals surface area contributed by atoms with Crippen molar-refractivity contribution in [1.29, 1.82) is 0 Å². The Balaban J connectivity index is 1.61. The van der Waals surface area contributed by atoms with Crippen molar-refractivity contribution in [3.05, 3.63) is 65.7 Å². The second-order valence-corrected chi connectivity index (χ2v) is 5.81. The molecule has 2 atom stereocenters. The molecule has 0 saturated heterocycles. The summed E-state index contributed by atoms with van der Waals surface area (Å²) in [5.41, 5.74) is 2.59. The lowest BCUT2D eigenvalue weighted by molar-refractivity contribution is 0.00687. The smallest absolute Gasteiger partial charge is 0.124 e. The maximum absolute atomic E-state index is 9.95. The fourth-order valence-electron chi connectivity index (χ4n) is 2.91. The summed E-state index contributed by atoms with van der Waals surface area (Å²) in [6.07, 6.45) is 4.64. The van der Waals surface area contributed by atoms with Gasteiger partial charge in [0.1, 0.15) is 11.9 Å². The maximum atomic E-state index is 9.95. The SMILES string of the molecule is O[C@H]1CCCC[C@@H]1Oc1ccc(Cc2ccccc2)cc1. The fourth-order valence-corrected chi connectivity index (χ4v) is 2.91. The number of hydrogen-bond acceptors (Lipinski definition) is 2. The predicted octanol–water partition coefficient (Wildman–Crippen LogP) is 3.96. The van der Waals surface area contributed by atoms with Crippen molar-refractivity contribution in [2.24, 2.45) is 0 Å². The van der Waals surface area contributed by atoms with E-state index in [2.05, 4.69) is 36.4 Å². The zero-order valence-corrected chi connectivity index (χ0v) is 12.2. The summed E-state index contributed by atoms with van der Waals surface area (Å²) in [4.78, 5) is 0. The van der Waals surface area contributed by atoms with Gasteiger partial charge in [-0.15, -0.1) is 0 Å². The maximum Gasteiger partial charge on any atom is 0.124 e. The highest BCUT2D eigenvalue weighted by molar-refractivity contribution is 5.31. The quantitative estimate of drug-likeness (QED) is 0.919. The van der Waals surface area contributed by atoms with E-state index < -0.39 is 0 Å². The Bertz CT molecular complexity index is 548. The summed E-state index contributed by atoms with van der Waals surface area (Å²) >= 11 is 0. The Hall–Kier alpha value is -1.80. The molecular formula is C19H22O2. The molecule has 2 aromatic carbocycles. The van der Waals surface area contributed by atoms with Crippen LogP contribution >= 0.6 is 0 Å². The van der Waals surface area contributed by atoms with Gasteiger partial charge in [0.15, 0.2) is 0 Å². The monoisotopic (exact) mass is 282 g/mol. The molecule has 3 rings (SSSR count). The Morgan fingerprint density at radius 1 is 0.857 bits per heavy atom. The van der Waals surface area contributed by atoms with Gasteiger partial charge in [0.05, 0.1) is 6.10 Å². The summed E-state index contributed by atoms with van der Waals surface area (Å²) in [5, 5.41) is 9.95. The summed E-state index contributed by atoms with van der Waals surface area (Å²) in [6.45, 7) is 0. The van der Waals surface area contributed by atoms with Crippen molar-refractivity contribution in [3.8, 4) is 5.75 Å². The molecule has 1 aliphatic carbocycles. The van der Waals surface area contributed by atoms with Crippen LogP contribution in [0.2, 0.25) is 0 Å². The summed E-state index contributed by atoms with van der Waals surface area (Å²) in [7, 11) is 0.